The fraction of sp³-hybridized carbons (Fsp3) is 0.500. The van der Waals surface area contributed by atoms with Gasteiger partial charge >= 0.3 is 0 Å². The standard InChI is InChI=1S/C21H27N3OS.CH4O/c1-3-4-5-18-14-22-20(17-6-8-19(26-2)9-7-17)21(23-18)24-12-10-16(15-25)11-13-24;1-2/h6-9,14-16H,3-5,10-13H2,1-2H3;2H,1H3. The van der Waals surface area contributed by atoms with Crippen molar-refractivity contribution in [3.8, 4) is 11.3 Å². The van der Waals surface area contributed by atoms with Crippen molar-refractivity contribution in [2.24, 2.45) is 5.92 Å². The summed E-state index contributed by atoms with van der Waals surface area (Å²) in [6.45, 7) is 3.93. The van der Waals surface area contributed by atoms with Crippen LogP contribution in [0.4, 0.5) is 5.82 Å². The number of benzene rings is 1. The molecule has 2 aromatic rings. The zero-order chi connectivity index (χ0) is 20.4. The molecule has 0 aliphatic carbocycles. The summed E-state index contributed by atoms with van der Waals surface area (Å²) in [5.41, 5.74) is 3.11. The normalized spacial score (nSPS) is 14.4. The molecule has 1 aliphatic rings. The van der Waals surface area contributed by atoms with Crippen molar-refractivity contribution in [1.82, 2.24) is 9.97 Å². The van der Waals surface area contributed by atoms with Crippen molar-refractivity contribution >= 4 is 23.9 Å². The van der Waals surface area contributed by atoms with E-state index in [4.69, 9.17) is 15.1 Å². The molecule has 28 heavy (non-hydrogen) atoms. The molecule has 2 heterocycles. The molecule has 0 saturated carbocycles. The van der Waals surface area contributed by atoms with E-state index in [0.29, 0.717) is 0 Å². The van der Waals surface area contributed by atoms with Gasteiger partial charge in [-0.15, -0.1) is 11.8 Å². The zero-order valence-electron chi connectivity index (χ0n) is 17.1. The first-order chi connectivity index (χ1) is 13.7. The van der Waals surface area contributed by atoms with E-state index in [2.05, 4.69) is 42.3 Å². The molecule has 1 N–H and O–H groups in total. The van der Waals surface area contributed by atoms with Gasteiger partial charge in [0.2, 0.25) is 0 Å². The number of nitrogens with zero attached hydrogens (tertiary/aromatic N) is 3. The van der Waals surface area contributed by atoms with Crippen molar-refractivity contribution in [1.29, 1.82) is 0 Å². The summed E-state index contributed by atoms with van der Waals surface area (Å²) < 4.78 is 0. The van der Waals surface area contributed by atoms with Gasteiger partial charge in [0, 0.05) is 42.8 Å². The first-order valence-corrected chi connectivity index (χ1v) is 11.1. The Morgan fingerprint density at radius 3 is 2.46 bits per heavy atom. The van der Waals surface area contributed by atoms with Gasteiger partial charge in [0.25, 0.3) is 0 Å². The topological polar surface area (TPSA) is 66.3 Å². The lowest BCUT2D eigenvalue weighted by Gasteiger charge is -2.32. The SMILES string of the molecule is CCCCc1cnc(-c2ccc(SC)cc2)c(N2CCC(C=O)CC2)n1.CO. The van der Waals surface area contributed by atoms with Gasteiger partial charge in [-0.05, 0) is 44.1 Å². The lowest BCUT2D eigenvalue weighted by Crippen LogP contribution is -2.35. The van der Waals surface area contributed by atoms with Gasteiger partial charge in [-0.3, -0.25) is 4.98 Å². The first kappa shape index (κ1) is 22.4. The fourth-order valence-electron chi connectivity index (χ4n) is 3.31. The minimum absolute atomic E-state index is 0.187. The fourth-order valence-corrected chi connectivity index (χ4v) is 3.72. The molecule has 6 heteroatoms. The van der Waals surface area contributed by atoms with Crippen LogP contribution in [0, 0.1) is 5.92 Å². The Bertz CT molecular complexity index is 729. The van der Waals surface area contributed by atoms with Gasteiger partial charge in [-0.1, -0.05) is 25.5 Å². The van der Waals surface area contributed by atoms with Crippen LogP contribution in [0.1, 0.15) is 38.3 Å². The van der Waals surface area contributed by atoms with Crippen molar-refractivity contribution < 1.29 is 9.90 Å². The maximum Gasteiger partial charge on any atom is 0.155 e. The Balaban J connectivity index is 0.00000136. The third-order valence-corrected chi connectivity index (χ3v) is 5.73. The van der Waals surface area contributed by atoms with Gasteiger partial charge in [0.05, 0.1) is 5.69 Å². The Hall–Kier alpha value is -1.92. The molecule has 1 saturated heterocycles. The Morgan fingerprint density at radius 2 is 1.89 bits per heavy atom. The number of rotatable bonds is 7. The average Bonchev–Trinajstić information content (AvgIpc) is 2.79. The van der Waals surface area contributed by atoms with Gasteiger partial charge < -0.3 is 14.8 Å². The molecule has 0 spiro atoms. The second-order valence-electron chi connectivity index (χ2n) is 6.83. The number of thioether (sulfide) groups is 1. The number of aromatic nitrogens is 2. The van der Waals surface area contributed by atoms with E-state index in [1.165, 1.54) is 4.90 Å². The number of unbranched alkanes of at least 4 members (excludes halogenated alkanes) is 1. The van der Waals surface area contributed by atoms with Crippen LogP contribution in [0.15, 0.2) is 35.4 Å². The van der Waals surface area contributed by atoms with Gasteiger partial charge in [-0.25, -0.2) is 4.98 Å². The van der Waals surface area contributed by atoms with Crippen molar-refractivity contribution in [2.45, 2.75) is 43.9 Å². The number of aryl methyl sites for hydroxylation is 1. The van der Waals surface area contributed by atoms with E-state index in [1.807, 2.05) is 6.20 Å². The Kier molecular flexibility index (Phi) is 9.44. The van der Waals surface area contributed by atoms with Gasteiger partial charge in [0.15, 0.2) is 5.82 Å². The predicted molar refractivity (Wildman–Crippen MR) is 117 cm³/mol. The molecule has 5 nitrogen and oxygen atoms in total. The van der Waals surface area contributed by atoms with Crippen LogP contribution < -0.4 is 4.90 Å². The number of aldehydes is 1. The second kappa shape index (κ2) is 11.8. The van der Waals surface area contributed by atoms with Crippen LogP contribution in [0.2, 0.25) is 0 Å². The molecule has 0 amide bonds. The first-order valence-electron chi connectivity index (χ1n) is 9.90. The van der Waals surface area contributed by atoms with Crippen LogP contribution >= 0.6 is 11.8 Å². The summed E-state index contributed by atoms with van der Waals surface area (Å²) in [7, 11) is 1.00. The van der Waals surface area contributed by atoms with Crippen molar-refractivity contribution in [2.75, 3.05) is 31.4 Å². The Morgan fingerprint density at radius 1 is 1.21 bits per heavy atom. The third kappa shape index (κ3) is 5.79. The smallest absolute Gasteiger partial charge is 0.155 e. The third-order valence-electron chi connectivity index (χ3n) is 4.99. The number of aliphatic hydroxyl groups excluding tert-OH is 1. The molecule has 1 fully saturated rings. The molecular formula is C22H31N3O2S. The number of hydrogen-bond donors (Lipinski definition) is 1. The van der Waals surface area contributed by atoms with E-state index in [0.717, 1.165) is 81.4 Å². The van der Waals surface area contributed by atoms with Crippen LogP contribution in [-0.4, -0.2) is 47.8 Å². The molecule has 152 valence electrons. The molecule has 1 aromatic carbocycles. The number of anilines is 1. The maximum absolute atomic E-state index is 11.1. The monoisotopic (exact) mass is 401 g/mol. The van der Waals surface area contributed by atoms with Crippen LogP contribution in [0.5, 0.6) is 0 Å². The minimum atomic E-state index is 0.187. The van der Waals surface area contributed by atoms with E-state index in [9.17, 15) is 4.79 Å². The molecule has 1 aromatic heterocycles. The highest BCUT2D eigenvalue weighted by Gasteiger charge is 2.23. The maximum atomic E-state index is 11.1. The van der Waals surface area contributed by atoms with Crippen molar-refractivity contribution in [3.05, 3.63) is 36.2 Å². The number of aliphatic hydroxyl groups is 1. The minimum Gasteiger partial charge on any atom is -0.400 e. The van der Waals surface area contributed by atoms with E-state index in [1.54, 1.807) is 11.8 Å². The van der Waals surface area contributed by atoms with Gasteiger partial charge in [0.1, 0.15) is 12.0 Å². The summed E-state index contributed by atoms with van der Waals surface area (Å²) >= 11 is 1.74. The van der Waals surface area contributed by atoms with Crippen LogP contribution in [-0.2, 0) is 11.2 Å². The van der Waals surface area contributed by atoms with E-state index in [-0.39, 0.29) is 5.92 Å². The molecule has 1 aliphatic heterocycles. The number of carbonyl (C=O) groups excluding carboxylic acids is 1. The molecule has 0 unspecified atom stereocenters. The second-order valence-corrected chi connectivity index (χ2v) is 7.71. The Labute approximate surface area is 172 Å². The number of piperidine rings is 1. The summed E-state index contributed by atoms with van der Waals surface area (Å²) in [6, 6.07) is 8.52. The lowest BCUT2D eigenvalue weighted by atomic mass is 9.98. The highest BCUT2D eigenvalue weighted by Crippen LogP contribution is 2.31. The van der Waals surface area contributed by atoms with Crippen LogP contribution in [0.25, 0.3) is 11.3 Å². The molecule has 0 bridgehead atoms. The highest BCUT2D eigenvalue weighted by molar-refractivity contribution is 7.98. The molecule has 3 rings (SSSR count). The average molecular weight is 402 g/mol. The zero-order valence-corrected chi connectivity index (χ0v) is 17.9. The van der Waals surface area contributed by atoms with E-state index >= 15 is 0 Å². The molecule has 0 radical (unpaired) electrons. The molecule has 0 atom stereocenters. The largest absolute Gasteiger partial charge is 0.400 e. The summed E-state index contributed by atoms with van der Waals surface area (Å²) in [5.74, 6) is 1.16. The lowest BCUT2D eigenvalue weighted by molar-refractivity contribution is -0.111. The summed E-state index contributed by atoms with van der Waals surface area (Å²) in [4.78, 5) is 24.4. The highest BCUT2D eigenvalue weighted by atomic mass is 32.2. The van der Waals surface area contributed by atoms with Crippen molar-refractivity contribution in [3.63, 3.8) is 0 Å². The van der Waals surface area contributed by atoms with Gasteiger partial charge in [-0.2, -0.15) is 0 Å². The summed E-state index contributed by atoms with van der Waals surface area (Å²) in [6.07, 6.45) is 10.2. The van der Waals surface area contributed by atoms with Crippen LogP contribution in [0.3, 0.4) is 0 Å². The van der Waals surface area contributed by atoms with E-state index < -0.39 is 0 Å². The predicted octanol–water partition coefficient (Wildman–Crippen LogP) is 4.23. The number of carbonyl (C=O) groups is 1. The molecular weight excluding hydrogens is 370 g/mol. The summed E-state index contributed by atoms with van der Waals surface area (Å²) in [5, 5.41) is 7.00. The number of hydrogen-bond acceptors (Lipinski definition) is 6. The quantitative estimate of drug-likeness (QED) is 0.553.